The van der Waals surface area contributed by atoms with Crippen molar-refractivity contribution in [3.05, 3.63) is 11.6 Å². The Morgan fingerprint density at radius 3 is 2.39 bits per heavy atom. The number of carbonyl (C=O) groups is 3. The maximum absolute atomic E-state index is 11.3. The first kappa shape index (κ1) is 13.9. The summed E-state index contributed by atoms with van der Waals surface area (Å²) in [5.74, 6) is -1.02. The van der Waals surface area contributed by atoms with Gasteiger partial charge in [0.2, 0.25) is 5.91 Å². The highest BCUT2D eigenvalue weighted by atomic mass is 32.1. The molecule has 0 aliphatic rings. The van der Waals surface area contributed by atoms with Gasteiger partial charge in [-0.2, -0.15) is 0 Å². The summed E-state index contributed by atoms with van der Waals surface area (Å²) < 4.78 is 0. The summed E-state index contributed by atoms with van der Waals surface area (Å²) in [4.78, 5) is 33.2. The first-order valence-corrected chi connectivity index (χ1v) is 5.75. The molecule has 0 aromatic carbocycles. The maximum atomic E-state index is 11.3. The van der Waals surface area contributed by atoms with E-state index in [0.29, 0.717) is 5.00 Å². The van der Waals surface area contributed by atoms with Gasteiger partial charge in [-0.3, -0.25) is 14.9 Å². The molecule has 0 radical (unpaired) electrons. The van der Waals surface area contributed by atoms with Crippen LogP contribution in [0.5, 0.6) is 0 Å². The average Bonchev–Trinajstić information content (AvgIpc) is 2.60. The van der Waals surface area contributed by atoms with Gasteiger partial charge in [-0.05, 0) is 6.07 Å². The van der Waals surface area contributed by atoms with E-state index in [4.69, 9.17) is 17.2 Å². The van der Waals surface area contributed by atoms with Crippen molar-refractivity contribution in [2.24, 2.45) is 17.2 Å². The zero-order valence-corrected chi connectivity index (χ0v) is 10.2. The maximum Gasteiger partial charge on any atom is 0.317 e. The van der Waals surface area contributed by atoms with Crippen molar-refractivity contribution < 1.29 is 14.4 Å². The predicted octanol–water partition coefficient (Wildman–Crippen LogP) is -0.375. The summed E-state index contributed by atoms with van der Waals surface area (Å²) in [6.45, 7) is 0.215. The first-order chi connectivity index (χ1) is 8.43. The van der Waals surface area contributed by atoms with Crippen molar-refractivity contribution in [1.29, 1.82) is 0 Å². The van der Waals surface area contributed by atoms with Gasteiger partial charge in [-0.25, -0.2) is 4.79 Å². The third kappa shape index (κ3) is 3.71. The van der Waals surface area contributed by atoms with Crippen LogP contribution in [0.4, 0.5) is 14.8 Å². The Morgan fingerprint density at radius 1 is 1.22 bits per heavy atom. The van der Waals surface area contributed by atoms with Crippen molar-refractivity contribution in [2.45, 2.75) is 6.42 Å². The molecule has 1 heterocycles. The lowest BCUT2D eigenvalue weighted by molar-refractivity contribution is -0.116. The number of amides is 4. The summed E-state index contributed by atoms with van der Waals surface area (Å²) in [5.41, 5.74) is 15.4. The van der Waals surface area contributed by atoms with Crippen molar-refractivity contribution in [1.82, 2.24) is 0 Å². The smallest absolute Gasteiger partial charge is 0.317 e. The van der Waals surface area contributed by atoms with E-state index in [1.807, 2.05) is 0 Å². The van der Waals surface area contributed by atoms with Crippen LogP contribution in [0.15, 0.2) is 6.07 Å². The summed E-state index contributed by atoms with van der Waals surface area (Å²) >= 11 is 0.985. The number of primary amides is 2. The number of hydrogen-bond donors (Lipinski definition) is 5. The van der Waals surface area contributed by atoms with Crippen molar-refractivity contribution in [3.8, 4) is 0 Å². The molecule has 0 unspecified atom stereocenters. The minimum Gasteiger partial charge on any atom is -0.366 e. The molecule has 0 bridgehead atoms. The van der Waals surface area contributed by atoms with Gasteiger partial charge in [0, 0.05) is 13.0 Å². The average molecular weight is 271 g/mol. The Morgan fingerprint density at radius 2 is 1.89 bits per heavy atom. The molecule has 0 saturated heterocycles. The van der Waals surface area contributed by atoms with Gasteiger partial charge in [-0.1, -0.05) is 11.3 Å². The molecular weight excluding hydrogens is 258 g/mol. The second-order valence-corrected chi connectivity index (χ2v) is 4.35. The van der Waals surface area contributed by atoms with E-state index in [1.165, 1.54) is 6.07 Å². The SMILES string of the molecule is NCCC(=O)Nc1cc(C(N)=O)c(NC(N)=O)s1. The van der Waals surface area contributed by atoms with Crippen LogP contribution in [0.2, 0.25) is 0 Å². The van der Waals surface area contributed by atoms with Crippen molar-refractivity contribution >= 4 is 39.2 Å². The molecule has 0 aliphatic carbocycles. The second kappa shape index (κ2) is 5.98. The van der Waals surface area contributed by atoms with E-state index in [0.717, 1.165) is 11.3 Å². The van der Waals surface area contributed by atoms with E-state index in [2.05, 4.69) is 10.6 Å². The molecular formula is C9H13N5O3S. The van der Waals surface area contributed by atoms with Crippen LogP contribution in [0.1, 0.15) is 16.8 Å². The molecule has 9 heteroatoms. The Kier molecular flexibility index (Phi) is 4.63. The van der Waals surface area contributed by atoms with Crippen molar-refractivity contribution in [3.63, 3.8) is 0 Å². The Balaban J connectivity index is 2.91. The molecule has 18 heavy (non-hydrogen) atoms. The highest BCUT2D eigenvalue weighted by Crippen LogP contribution is 2.31. The monoisotopic (exact) mass is 271 g/mol. The first-order valence-electron chi connectivity index (χ1n) is 4.94. The van der Waals surface area contributed by atoms with Gasteiger partial charge < -0.3 is 22.5 Å². The molecule has 1 aromatic rings. The molecule has 0 spiro atoms. The minimum atomic E-state index is -0.820. The molecule has 4 amide bonds. The van der Waals surface area contributed by atoms with Gasteiger partial charge in [0.1, 0.15) is 5.00 Å². The van der Waals surface area contributed by atoms with E-state index < -0.39 is 11.9 Å². The topological polar surface area (TPSA) is 153 Å². The van der Waals surface area contributed by atoms with Crippen LogP contribution in [-0.2, 0) is 4.79 Å². The fourth-order valence-corrected chi connectivity index (χ4v) is 2.15. The van der Waals surface area contributed by atoms with Gasteiger partial charge in [0.05, 0.1) is 10.6 Å². The van der Waals surface area contributed by atoms with Gasteiger partial charge in [-0.15, -0.1) is 0 Å². The van der Waals surface area contributed by atoms with Crippen molar-refractivity contribution in [2.75, 3.05) is 17.2 Å². The predicted molar refractivity (Wildman–Crippen MR) is 68.3 cm³/mol. The Hall–Kier alpha value is -2.13. The molecule has 98 valence electrons. The summed E-state index contributed by atoms with van der Waals surface area (Å²) in [7, 11) is 0. The van der Waals surface area contributed by atoms with Gasteiger partial charge in [0.15, 0.2) is 0 Å². The molecule has 1 aromatic heterocycles. The number of rotatable bonds is 5. The zero-order chi connectivity index (χ0) is 13.7. The van der Waals surface area contributed by atoms with Crippen LogP contribution in [-0.4, -0.2) is 24.4 Å². The number of nitrogens with one attached hydrogen (secondary N) is 2. The molecule has 0 atom stereocenters. The number of anilines is 2. The lowest BCUT2D eigenvalue weighted by atomic mass is 10.3. The Bertz CT molecular complexity index is 485. The summed E-state index contributed by atoms with van der Waals surface area (Å²) in [5, 5.41) is 5.37. The van der Waals surface area contributed by atoms with Crippen LogP contribution in [0.3, 0.4) is 0 Å². The lowest BCUT2D eigenvalue weighted by Gasteiger charge is -1.99. The molecule has 8 N–H and O–H groups in total. The van der Waals surface area contributed by atoms with E-state index in [1.54, 1.807) is 0 Å². The highest BCUT2D eigenvalue weighted by Gasteiger charge is 2.16. The lowest BCUT2D eigenvalue weighted by Crippen LogP contribution is -2.21. The molecule has 0 aliphatic heterocycles. The summed E-state index contributed by atoms with van der Waals surface area (Å²) in [6.07, 6.45) is 0.155. The highest BCUT2D eigenvalue weighted by molar-refractivity contribution is 7.20. The Labute approximate surface area is 107 Å². The summed E-state index contributed by atoms with van der Waals surface area (Å²) in [6, 6.07) is 0.548. The molecule has 1 rings (SSSR count). The van der Waals surface area contributed by atoms with Gasteiger partial charge in [0.25, 0.3) is 5.91 Å². The van der Waals surface area contributed by atoms with Crippen LogP contribution in [0.25, 0.3) is 0 Å². The number of urea groups is 1. The molecule has 8 nitrogen and oxygen atoms in total. The zero-order valence-electron chi connectivity index (χ0n) is 9.36. The van der Waals surface area contributed by atoms with E-state index in [9.17, 15) is 14.4 Å². The normalized spacial score (nSPS) is 9.83. The number of hydrogen-bond acceptors (Lipinski definition) is 5. The third-order valence-electron chi connectivity index (χ3n) is 1.87. The standard InChI is InChI=1S/C9H13N5O3S/c10-2-1-5(15)13-6-3-4(7(11)16)8(18-6)14-9(12)17/h3H,1-2,10H2,(H2,11,16)(H,13,15)(H3,12,14,17). The number of nitrogens with two attached hydrogens (primary N) is 3. The van der Waals surface area contributed by atoms with E-state index >= 15 is 0 Å². The second-order valence-electron chi connectivity index (χ2n) is 3.29. The largest absolute Gasteiger partial charge is 0.366 e. The number of thiophene rings is 1. The van der Waals surface area contributed by atoms with Crippen LogP contribution < -0.4 is 27.8 Å². The van der Waals surface area contributed by atoms with Crippen LogP contribution in [0, 0.1) is 0 Å². The quantitative estimate of drug-likeness (QED) is 0.495. The fourth-order valence-electron chi connectivity index (χ4n) is 1.17. The minimum absolute atomic E-state index is 0.0850. The third-order valence-corrected chi connectivity index (χ3v) is 2.83. The number of carbonyl (C=O) groups excluding carboxylic acids is 3. The molecule has 0 fully saturated rings. The van der Waals surface area contributed by atoms with Crippen LogP contribution >= 0.6 is 11.3 Å². The van der Waals surface area contributed by atoms with E-state index in [-0.39, 0.29) is 29.4 Å². The van der Waals surface area contributed by atoms with Gasteiger partial charge >= 0.3 is 6.03 Å². The molecule has 0 saturated carbocycles. The fraction of sp³-hybridized carbons (Fsp3) is 0.222.